The Hall–Kier alpha value is -0.340. The normalized spacial score (nSPS) is 17.5. The molecule has 0 amide bonds. The van der Waals surface area contributed by atoms with Gasteiger partial charge in [0.1, 0.15) is 5.78 Å². The van der Waals surface area contributed by atoms with E-state index in [1.54, 1.807) is 0 Å². The van der Waals surface area contributed by atoms with Gasteiger partial charge in [-0.25, -0.2) is 0 Å². The van der Waals surface area contributed by atoms with Crippen molar-refractivity contribution in [2.45, 2.75) is 24.1 Å². The van der Waals surface area contributed by atoms with E-state index < -0.39 is 0 Å². The average molecular weight is 288 g/mol. The van der Waals surface area contributed by atoms with Gasteiger partial charge in [-0.15, -0.1) is 0 Å². The minimum absolute atomic E-state index is 0.0788. The minimum Gasteiger partial charge on any atom is -0.298 e. The molecule has 0 radical (unpaired) electrons. The average Bonchev–Trinajstić information content (AvgIpc) is 3.04. The van der Waals surface area contributed by atoms with Crippen LogP contribution in [0.25, 0.3) is 0 Å². The Kier molecular flexibility index (Phi) is 3.47. The molecule has 15 heavy (non-hydrogen) atoms. The Morgan fingerprint density at radius 2 is 2.13 bits per heavy atom. The zero-order valence-corrected chi connectivity index (χ0v) is 10.6. The van der Waals surface area contributed by atoms with Crippen LogP contribution < -0.4 is 0 Å². The molecule has 1 atom stereocenters. The van der Waals surface area contributed by atoms with Crippen LogP contribution in [0.2, 0.25) is 5.02 Å². The van der Waals surface area contributed by atoms with E-state index in [-0.39, 0.29) is 4.83 Å². The molecule has 1 unspecified atom stereocenters. The Labute approximate surface area is 103 Å². The molecule has 0 N–H and O–H groups in total. The van der Waals surface area contributed by atoms with E-state index in [0.717, 1.165) is 23.4 Å². The fraction of sp³-hybridized carbons (Fsp3) is 0.417. The van der Waals surface area contributed by atoms with Crippen LogP contribution in [-0.2, 0) is 11.2 Å². The van der Waals surface area contributed by atoms with Gasteiger partial charge >= 0.3 is 0 Å². The van der Waals surface area contributed by atoms with Crippen LogP contribution >= 0.6 is 27.5 Å². The molecular weight excluding hydrogens is 275 g/mol. The second kappa shape index (κ2) is 4.67. The number of hydrogen-bond donors (Lipinski definition) is 0. The summed E-state index contributed by atoms with van der Waals surface area (Å²) < 4.78 is 0. The highest BCUT2D eigenvalue weighted by Gasteiger charge is 2.33. The fourth-order valence-electron chi connectivity index (χ4n) is 1.58. The maximum absolute atomic E-state index is 11.7. The van der Waals surface area contributed by atoms with Gasteiger partial charge in [0.25, 0.3) is 0 Å². The molecule has 1 aromatic carbocycles. The first-order valence-corrected chi connectivity index (χ1v) is 6.39. The zero-order valence-electron chi connectivity index (χ0n) is 8.25. The predicted molar refractivity (Wildman–Crippen MR) is 65.6 cm³/mol. The molecule has 1 nitrogen and oxygen atoms in total. The van der Waals surface area contributed by atoms with Crippen molar-refractivity contribution in [3.63, 3.8) is 0 Å². The topological polar surface area (TPSA) is 17.1 Å². The van der Waals surface area contributed by atoms with E-state index in [1.807, 2.05) is 24.3 Å². The van der Waals surface area contributed by atoms with E-state index in [1.165, 1.54) is 0 Å². The van der Waals surface area contributed by atoms with Crippen molar-refractivity contribution < 1.29 is 4.79 Å². The van der Waals surface area contributed by atoms with Crippen molar-refractivity contribution >= 4 is 33.3 Å². The molecule has 0 aliphatic heterocycles. The number of carbonyl (C=O) groups excluding carboxylic acids is 1. The van der Waals surface area contributed by atoms with E-state index in [9.17, 15) is 4.79 Å². The number of halogens is 2. The molecule has 1 aliphatic carbocycles. The molecule has 0 spiro atoms. The second-order valence-corrected chi connectivity index (χ2v) is 5.45. The van der Waals surface area contributed by atoms with Crippen molar-refractivity contribution in [3.05, 3.63) is 34.9 Å². The maximum atomic E-state index is 11.7. The summed E-state index contributed by atoms with van der Waals surface area (Å²) in [4.78, 5) is 11.7. The molecule has 0 aromatic heterocycles. The predicted octanol–water partition coefficient (Wildman–Crippen LogP) is 3.63. The summed E-state index contributed by atoms with van der Waals surface area (Å²) in [5.41, 5.74) is 1.04. The van der Waals surface area contributed by atoms with Crippen LogP contribution in [0, 0.1) is 5.92 Å². The highest BCUT2D eigenvalue weighted by molar-refractivity contribution is 9.10. The third-order valence-electron chi connectivity index (χ3n) is 2.65. The SMILES string of the molecule is O=C(C(Br)Cc1ccccc1Cl)C1CC1. The maximum Gasteiger partial charge on any atom is 0.149 e. The highest BCUT2D eigenvalue weighted by atomic mass is 79.9. The number of Topliss-reactive ketones (excluding diaryl/α,β-unsaturated/α-hetero) is 1. The highest BCUT2D eigenvalue weighted by Crippen LogP contribution is 2.33. The lowest BCUT2D eigenvalue weighted by atomic mass is 10.1. The molecule has 0 bridgehead atoms. The first-order valence-electron chi connectivity index (χ1n) is 5.09. The monoisotopic (exact) mass is 286 g/mol. The van der Waals surface area contributed by atoms with Crippen molar-refractivity contribution in [1.82, 2.24) is 0 Å². The Morgan fingerprint density at radius 1 is 1.47 bits per heavy atom. The van der Waals surface area contributed by atoms with E-state index in [4.69, 9.17) is 11.6 Å². The zero-order chi connectivity index (χ0) is 10.8. The van der Waals surface area contributed by atoms with E-state index >= 15 is 0 Å². The third kappa shape index (κ3) is 2.82. The van der Waals surface area contributed by atoms with Gasteiger partial charge in [0, 0.05) is 10.9 Å². The van der Waals surface area contributed by atoms with Crippen LogP contribution in [0.1, 0.15) is 18.4 Å². The van der Waals surface area contributed by atoms with Gasteiger partial charge in [0.05, 0.1) is 4.83 Å². The van der Waals surface area contributed by atoms with Gasteiger partial charge in [-0.2, -0.15) is 0 Å². The van der Waals surface area contributed by atoms with Crippen LogP contribution in [0.4, 0.5) is 0 Å². The Morgan fingerprint density at radius 3 is 2.73 bits per heavy atom. The van der Waals surface area contributed by atoms with Gasteiger partial charge in [0.15, 0.2) is 0 Å². The number of carbonyl (C=O) groups is 1. The molecule has 1 aliphatic rings. The first kappa shape index (κ1) is 11.2. The summed E-state index contributed by atoms with van der Waals surface area (Å²) in [6.07, 6.45) is 2.81. The standard InChI is InChI=1S/C12H12BrClO/c13-10(12(15)8-5-6-8)7-9-3-1-2-4-11(9)14/h1-4,8,10H,5-7H2. The van der Waals surface area contributed by atoms with Crippen molar-refractivity contribution in [2.75, 3.05) is 0 Å². The van der Waals surface area contributed by atoms with Crippen LogP contribution in [0.3, 0.4) is 0 Å². The van der Waals surface area contributed by atoms with Gasteiger partial charge in [-0.05, 0) is 30.9 Å². The van der Waals surface area contributed by atoms with Crippen LogP contribution in [0.5, 0.6) is 0 Å². The summed E-state index contributed by atoms with van der Waals surface area (Å²) in [5.74, 6) is 0.631. The Bertz CT molecular complexity index is 374. The van der Waals surface area contributed by atoms with Crippen LogP contribution in [-0.4, -0.2) is 10.6 Å². The van der Waals surface area contributed by atoms with Crippen molar-refractivity contribution in [3.8, 4) is 0 Å². The lowest BCUT2D eigenvalue weighted by molar-refractivity contribution is -0.119. The third-order valence-corrected chi connectivity index (χ3v) is 3.79. The molecule has 0 heterocycles. The molecule has 1 aromatic rings. The fourth-order valence-corrected chi connectivity index (χ4v) is 2.52. The van der Waals surface area contributed by atoms with Gasteiger partial charge in [0.2, 0.25) is 0 Å². The van der Waals surface area contributed by atoms with Crippen LogP contribution in [0.15, 0.2) is 24.3 Å². The minimum atomic E-state index is -0.0788. The van der Waals surface area contributed by atoms with Crippen molar-refractivity contribution in [1.29, 1.82) is 0 Å². The lowest BCUT2D eigenvalue weighted by Gasteiger charge is -2.09. The second-order valence-electron chi connectivity index (χ2n) is 3.94. The summed E-state index contributed by atoms with van der Waals surface area (Å²) >= 11 is 9.48. The quantitative estimate of drug-likeness (QED) is 0.773. The Balaban J connectivity index is 2.01. The van der Waals surface area contributed by atoms with Gasteiger partial charge in [-0.3, -0.25) is 4.79 Å². The molecule has 1 fully saturated rings. The van der Waals surface area contributed by atoms with Gasteiger partial charge in [-0.1, -0.05) is 45.7 Å². The number of benzene rings is 1. The van der Waals surface area contributed by atoms with E-state index in [2.05, 4.69) is 15.9 Å². The molecule has 2 rings (SSSR count). The molecule has 80 valence electrons. The molecule has 0 saturated heterocycles. The molecule has 3 heteroatoms. The number of hydrogen-bond acceptors (Lipinski definition) is 1. The first-order chi connectivity index (χ1) is 7.18. The summed E-state index contributed by atoms with van der Waals surface area (Å²) in [5, 5.41) is 0.741. The van der Waals surface area contributed by atoms with Crippen molar-refractivity contribution in [2.24, 2.45) is 5.92 Å². The lowest BCUT2D eigenvalue weighted by Crippen LogP contribution is -2.18. The summed E-state index contributed by atoms with van der Waals surface area (Å²) in [6.45, 7) is 0. The summed E-state index contributed by atoms with van der Waals surface area (Å²) in [6, 6.07) is 7.68. The molecular formula is C12H12BrClO. The molecule has 1 saturated carbocycles. The number of alkyl halides is 1. The van der Waals surface area contributed by atoms with E-state index in [0.29, 0.717) is 18.1 Å². The largest absolute Gasteiger partial charge is 0.298 e. The number of ketones is 1. The number of rotatable bonds is 4. The summed E-state index contributed by atoms with van der Waals surface area (Å²) in [7, 11) is 0. The smallest absolute Gasteiger partial charge is 0.149 e. The van der Waals surface area contributed by atoms with Gasteiger partial charge < -0.3 is 0 Å².